The molecule has 0 bridgehead atoms. The van der Waals surface area contributed by atoms with Gasteiger partial charge < -0.3 is 9.64 Å². The molecular weight excluding hydrogens is 286 g/mol. The molecule has 1 aromatic carbocycles. The minimum absolute atomic E-state index is 0.0548. The van der Waals surface area contributed by atoms with E-state index in [0.29, 0.717) is 18.2 Å². The smallest absolute Gasteiger partial charge is 0.254 e. The van der Waals surface area contributed by atoms with Crippen LogP contribution in [-0.4, -0.2) is 27.8 Å². The van der Waals surface area contributed by atoms with E-state index in [2.05, 4.69) is 9.97 Å². The number of nitrogens with zero attached hydrogens (tertiary/aromatic N) is 3. The van der Waals surface area contributed by atoms with Gasteiger partial charge in [-0.25, -0.2) is 9.97 Å². The number of aromatic nitrogens is 2. The van der Waals surface area contributed by atoms with E-state index in [-0.39, 0.29) is 5.91 Å². The summed E-state index contributed by atoms with van der Waals surface area (Å²) < 4.78 is 6.80. The summed E-state index contributed by atoms with van der Waals surface area (Å²) in [5.74, 6) is 1.29. The number of carbonyl (C=O) groups excluding carboxylic acids is 1. The third kappa shape index (κ3) is 1.95. The van der Waals surface area contributed by atoms with Crippen LogP contribution in [0.15, 0.2) is 36.0 Å². The molecule has 4 rings (SSSR count). The zero-order valence-corrected chi connectivity index (χ0v) is 12.1. The number of rotatable bonds is 2. The molecule has 3 aromatic rings. The third-order valence-corrected chi connectivity index (χ3v) is 4.38. The monoisotopic (exact) mass is 297 g/mol. The summed E-state index contributed by atoms with van der Waals surface area (Å²) in [5.41, 5.74) is 2.60. The molecule has 0 atom stereocenters. The SMILES string of the molecule is CN1Cc2cc(Oc3ncnc4ccsc34)ccc2C1=O. The van der Waals surface area contributed by atoms with Crippen LogP contribution in [0.5, 0.6) is 11.6 Å². The molecule has 0 saturated carbocycles. The van der Waals surface area contributed by atoms with Gasteiger partial charge in [0.25, 0.3) is 5.91 Å². The van der Waals surface area contributed by atoms with Crippen molar-refractivity contribution in [2.45, 2.75) is 6.54 Å². The minimum atomic E-state index is 0.0548. The molecule has 104 valence electrons. The maximum absolute atomic E-state index is 11.9. The highest BCUT2D eigenvalue weighted by Crippen LogP contribution is 2.32. The van der Waals surface area contributed by atoms with Crippen molar-refractivity contribution in [1.29, 1.82) is 0 Å². The van der Waals surface area contributed by atoms with Crippen molar-refractivity contribution in [2.24, 2.45) is 0 Å². The number of benzene rings is 1. The van der Waals surface area contributed by atoms with Crippen molar-refractivity contribution in [3.63, 3.8) is 0 Å². The van der Waals surface area contributed by atoms with E-state index in [4.69, 9.17) is 4.74 Å². The van der Waals surface area contributed by atoms with Gasteiger partial charge in [0.2, 0.25) is 5.88 Å². The molecule has 1 amide bonds. The van der Waals surface area contributed by atoms with Crippen molar-refractivity contribution in [2.75, 3.05) is 7.05 Å². The Labute approximate surface area is 124 Å². The Morgan fingerprint density at radius 3 is 3.10 bits per heavy atom. The summed E-state index contributed by atoms with van der Waals surface area (Å²) in [6.07, 6.45) is 1.50. The summed E-state index contributed by atoms with van der Waals surface area (Å²) in [4.78, 5) is 22.0. The second-order valence-corrected chi connectivity index (χ2v) is 5.81. The summed E-state index contributed by atoms with van der Waals surface area (Å²) in [5, 5.41) is 1.96. The first-order chi connectivity index (χ1) is 10.2. The lowest BCUT2D eigenvalue weighted by molar-refractivity contribution is 0.0816. The largest absolute Gasteiger partial charge is 0.437 e. The summed E-state index contributed by atoms with van der Waals surface area (Å²) in [6, 6.07) is 7.45. The zero-order chi connectivity index (χ0) is 14.4. The zero-order valence-electron chi connectivity index (χ0n) is 11.2. The third-order valence-electron chi connectivity index (χ3n) is 3.49. The Morgan fingerprint density at radius 1 is 1.29 bits per heavy atom. The van der Waals surface area contributed by atoms with Crippen LogP contribution >= 0.6 is 11.3 Å². The van der Waals surface area contributed by atoms with Gasteiger partial charge in [-0.2, -0.15) is 0 Å². The van der Waals surface area contributed by atoms with Gasteiger partial charge in [-0.1, -0.05) is 0 Å². The normalized spacial score (nSPS) is 13.8. The number of fused-ring (bicyclic) bond motifs is 2. The van der Waals surface area contributed by atoms with E-state index >= 15 is 0 Å². The van der Waals surface area contributed by atoms with Crippen LogP contribution in [0.1, 0.15) is 15.9 Å². The molecule has 0 unspecified atom stereocenters. The molecule has 0 N–H and O–H groups in total. The number of ether oxygens (including phenoxy) is 1. The molecule has 0 fully saturated rings. The predicted molar refractivity (Wildman–Crippen MR) is 79.7 cm³/mol. The van der Waals surface area contributed by atoms with Crippen LogP contribution in [-0.2, 0) is 6.54 Å². The molecule has 0 spiro atoms. The van der Waals surface area contributed by atoms with E-state index in [9.17, 15) is 4.79 Å². The lowest BCUT2D eigenvalue weighted by Gasteiger charge is -2.06. The van der Waals surface area contributed by atoms with Gasteiger partial charge in [0, 0.05) is 19.2 Å². The molecule has 2 aromatic heterocycles. The molecule has 6 heteroatoms. The Kier molecular flexibility index (Phi) is 2.65. The van der Waals surface area contributed by atoms with Crippen LogP contribution in [0.3, 0.4) is 0 Å². The summed E-state index contributed by atoms with van der Waals surface area (Å²) in [7, 11) is 1.79. The average molecular weight is 297 g/mol. The van der Waals surface area contributed by atoms with Crippen LogP contribution in [0.4, 0.5) is 0 Å². The van der Waals surface area contributed by atoms with Gasteiger partial charge in [-0.3, -0.25) is 4.79 Å². The standard InChI is InChI=1S/C15H11N3O2S/c1-18-7-9-6-10(2-3-11(9)15(18)19)20-14-13-12(4-5-21-13)16-8-17-14/h2-6,8H,7H2,1H3. The van der Waals surface area contributed by atoms with Crippen LogP contribution in [0, 0.1) is 0 Å². The number of carbonyl (C=O) groups is 1. The average Bonchev–Trinajstić information content (AvgIpc) is 3.05. The number of amides is 1. The lowest BCUT2D eigenvalue weighted by atomic mass is 10.1. The fraction of sp³-hybridized carbons (Fsp3) is 0.133. The topological polar surface area (TPSA) is 55.3 Å². The fourth-order valence-corrected chi connectivity index (χ4v) is 3.23. The molecule has 0 radical (unpaired) electrons. The molecule has 0 aliphatic carbocycles. The highest BCUT2D eigenvalue weighted by atomic mass is 32.1. The number of hydrogen-bond donors (Lipinski definition) is 0. The highest BCUT2D eigenvalue weighted by Gasteiger charge is 2.24. The first-order valence-corrected chi connectivity index (χ1v) is 7.35. The second-order valence-electron chi connectivity index (χ2n) is 4.90. The van der Waals surface area contributed by atoms with Crippen LogP contribution < -0.4 is 4.74 Å². The maximum Gasteiger partial charge on any atom is 0.254 e. The Morgan fingerprint density at radius 2 is 2.19 bits per heavy atom. The second kappa shape index (κ2) is 4.53. The molecule has 5 nitrogen and oxygen atoms in total. The Hall–Kier alpha value is -2.47. The molecule has 1 aliphatic heterocycles. The van der Waals surface area contributed by atoms with Crippen LogP contribution in [0.25, 0.3) is 10.2 Å². The van der Waals surface area contributed by atoms with Crippen molar-refractivity contribution >= 4 is 27.5 Å². The van der Waals surface area contributed by atoms with Gasteiger partial charge in [0.15, 0.2) is 0 Å². The van der Waals surface area contributed by atoms with Crippen LogP contribution in [0.2, 0.25) is 0 Å². The highest BCUT2D eigenvalue weighted by molar-refractivity contribution is 7.17. The van der Waals surface area contributed by atoms with E-state index in [1.165, 1.54) is 6.33 Å². The molecular formula is C15H11N3O2S. The predicted octanol–water partition coefficient (Wildman–Crippen LogP) is 3.07. The van der Waals surface area contributed by atoms with Gasteiger partial charge in [0.05, 0.1) is 5.52 Å². The van der Waals surface area contributed by atoms with E-state index in [1.54, 1.807) is 29.4 Å². The summed E-state index contributed by atoms with van der Waals surface area (Å²) in [6.45, 7) is 0.615. The number of thiophene rings is 1. The van der Waals surface area contributed by atoms with Crippen molar-refractivity contribution in [3.8, 4) is 11.6 Å². The van der Waals surface area contributed by atoms with E-state index < -0.39 is 0 Å². The Balaban J connectivity index is 1.71. The lowest BCUT2D eigenvalue weighted by Crippen LogP contribution is -2.17. The van der Waals surface area contributed by atoms with Gasteiger partial charge in [-0.15, -0.1) is 11.3 Å². The van der Waals surface area contributed by atoms with Gasteiger partial charge in [0.1, 0.15) is 16.8 Å². The van der Waals surface area contributed by atoms with Crippen molar-refractivity contribution in [1.82, 2.24) is 14.9 Å². The van der Waals surface area contributed by atoms with Crippen molar-refractivity contribution in [3.05, 3.63) is 47.1 Å². The molecule has 3 heterocycles. The summed E-state index contributed by atoms with van der Waals surface area (Å²) >= 11 is 1.55. The first-order valence-electron chi connectivity index (χ1n) is 6.47. The van der Waals surface area contributed by atoms with Gasteiger partial charge in [-0.05, 0) is 35.2 Å². The fourth-order valence-electron chi connectivity index (χ4n) is 2.46. The quantitative estimate of drug-likeness (QED) is 0.729. The maximum atomic E-state index is 11.9. The first kappa shape index (κ1) is 12.3. The Bertz CT molecular complexity index is 859. The number of hydrogen-bond acceptors (Lipinski definition) is 5. The van der Waals surface area contributed by atoms with E-state index in [0.717, 1.165) is 21.3 Å². The minimum Gasteiger partial charge on any atom is -0.437 e. The molecule has 21 heavy (non-hydrogen) atoms. The molecule has 1 aliphatic rings. The van der Waals surface area contributed by atoms with Gasteiger partial charge >= 0.3 is 0 Å². The molecule has 0 saturated heterocycles. The van der Waals surface area contributed by atoms with Crippen molar-refractivity contribution < 1.29 is 9.53 Å². The van der Waals surface area contributed by atoms with E-state index in [1.807, 2.05) is 23.6 Å².